The van der Waals surface area contributed by atoms with E-state index in [-0.39, 0.29) is 17.9 Å². The van der Waals surface area contributed by atoms with Gasteiger partial charge in [0.05, 0.1) is 0 Å². The van der Waals surface area contributed by atoms with Crippen LogP contribution >= 0.6 is 0 Å². The Labute approximate surface area is 147 Å². The average Bonchev–Trinajstić information content (AvgIpc) is 2.63. The van der Waals surface area contributed by atoms with Gasteiger partial charge in [-0.15, -0.1) is 0 Å². The maximum absolute atomic E-state index is 13.1. The summed E-state index contributed by atoms with van der Waals surface area (Å²) in [5.41, 5.74) is 2.56. The van der Waals surface area contributed by atoms with Gasteiger partial charge >= 0.3 is 6.03 Å². The zero-order valence-electron chi connectivity index (χ0n) is 14.3. The van der Waals surface area contributed by atoms with Crippen molar-refractivity contribution in [3.63, 3.8) is 0 Å². The highest BCUT2D eigenvalue weighted by molar-refractivity contribution is 5.89. The van der Waals surface area contributed by atoms with Gasteiger partial charge < -0.3 is 15.5 Å². The molecule has 0 spiro atoms. The second kappa shape index (κ2) is 8.07. The van der Waals surface area contributed by atoms with Gasteiger partial charge in [-0.3, -0.25) is 4.98 Å². The highest BCUT2D eigenvalue weighted by Crippen LogP contribution is 2.19. The number of anilines is 1. The number of carbonyl (C=O) groups is 1. The van der Waals surface area contributed by atoms with Crippen LogP contribution in [0.4, 0.5) is 14.9 Å². The zero-order valence-corrected chi connectivity index (χ0v) is 14.3. The van der Waals surface area contributed by atoms with Gasteiger partial charge in [0.25, 0.3) is 0 Å². The van der Waals surface area contributed by atoms with E-state index in [2.05, 4.69) is 15.6 Å². The van der Waals surface area contributed by atoms with E-state index in [1.54, 1.807) is 18.3 Å². The molecule has 1 aromatic carbocycles. The maximum atomic E-state index is 13.1. The molecule has 0 aliphatic carbocycles. The van der Waals surface area contributed by atoms with E-state index in [1.165, 1.54) is 12.1 Å². The molecule has 0 saturated carbocycles. The number of benzene rings is 1. The Morgan fingerprint density at radius 3 is 2.68 bits per heavy atom. The number of urea groups is 1. The molecule has 0 atom stereocenters. The van der Waals surface area contributed by atoms with Crippen molar-refractivity contribution in [2.24, 2.45) is 0 Å². The van der Waals surface area contributed by atoms with Gasteiger partial charge in [0, 0.05) is 30.2 Å². The van der Waals surface area contributed by atoms with Crippen LogP contribution in [-0.4, -0.2) is 35.0 Å². The molecule has 132 valence electrons. The van der Waals surface area contributed by atoms with Gasteiger partial charge in [0.15, 0.2) is 0 Å². The number of aryl methyl sites for hydroxylation is 1. The predicted octanol–water partition coefficient (Wildman–Crippen LogP) is 3.32. The molecule has 2 amide bonds. The van der Waals surface area contributed by atoms with Gasteiger partial charge in [-0.1, -0.05) is 6.07 Å². The van der Waals surface area contributed by atoms with Crippen LogP contribution in [0.2, 0.25) is 0 Å². The number of hydrogen-bond acceptors (Lipinski definition) is 3. The van der Waals surface area contributed by atoms with E-state index in [0.29, 0.717) is 12.2 Å². The molecule has 6 heteroatoms. The molecule has 1 aromatic heterocycles. The lowest BCUT2D eigenvalue weighted by molar-refractivity contribution is 0.166. The third-order valence-electron chi connectivity index (χ3n) is 4.56. The van der Waals surface area contributed by atoms with Crippen molar-refractivity contribution < 1.29 is 9.18 Å². The van der Waals surface area contributed by atoms with Gasteiger partial charge in [0.1, 0.15) is 5.82 Å². The number of rotatable bonds is 4. The van der Waals surface area contributed by atoms with Gasteiger partial charge in [-0.05, 0) is 68.8 Å². The standard InChI is InChI=1S/C19H23FN4O/c1-14-15(3-2-10-22-14)13-24(18-8-11-21-12-9-18)19(25)23-17-6-4-16(20)5-7-17/h2-7,10,18,21H,8-9,11-13H2,1H3,(H,23,25). The normalized spacial score (nSPS) is 15.0. The Morgan fingerprint density at radius 1 is 1.28 bits per heavy atom. The van der Waals surface area contributed by atoms with Crippen LogP contribution in [0.5, 0.6) is 0 Å². The molecule has 1 aliphatic rings. The SMILES string of the molecule is Cc1ncccc1CN(C(=O)Nc1ccc(F)cc1)C1CCNCC1. The first-order chi connectivity index (χ1) is 12.1. The Hall–Kier alpha value is -2.47. The summed E-state index contributed by atoms with van der Waals surface area (Å²) in [7, 11) is 0. The van der Waals surface area contributed by atoms with Crippen LogP contribution in [0.1, 0.15) is 24.1 Å². The van der Waals surface area contributed by atoms with Crippen LogP contribution in [0.15, 0.2) is 42.6 Å². The van der Waals surface area contributed by atoms with E-state index in [4.69, 9.17) is 0 Å². The smallest absolute Gasteiger partial charge is 0.317 e. The number of nitrogens with one attached hydrogen (secondary N) is 2. The quantitative estimate of drug-likeness (QED) is 0.896. The number of hydrogen-bond donors (Lipinski definition) is 2. The molecular formula is C19H23FN4O. The minimum Gasteiger partial charge on any atom is -0.317 e. The summed E-state index contributed by atoms with van der Waals surface area (Å²) >= 11 is 0. The van der Waals surface area contributed by atoms with Gasteiger partial charge in [-0.2, -0.15) is 0 Å². The lowest BCUT2D eigenvalue weighted by Gasteiger charge is -2.35. The monoisotopic (exact) mass is 342 g/mol. The van der Waals surface area contributed by atoms with Gasteiger partial charge in [0.2, 0.25) is 0 Å². The van der Waals surface area contributed by atoms with E-state index in [0.717, 1.165) is 37.2 Å². The largest absolute Gasteiger partial charge is 0.322 e. The lowest BCUT2D eigenvalue weighted by atomic mass is 10.0. The first kappa shape index (κ1) is 17.4. The van der Waals surface area contributed by atoms with E-state index in [1.807, 2.05) is 24.0 Å². The fourth-order valence-corrected chi connectivity index (χ4v) is 3.08. The fourth-order valence-electron chi connectivity index (χ4n) is 3.08. The molecule has 0 bridgehead atoms. The Kier molecular flexibility index (Phi) is 5.60. The summed E-state index contributed by atoms with van der Waals surface area (Å²) in [5.74, 6) is -0.320. The molecular weight excluding hydrogens is 319 g/mol. The van der Waals surface area contributed by atoms with Crippen LogP contribution in [0.3, 0.4) is 0 Å². The molecule has 2 aromatic rings. The zero-order chi connectivity index (χ0) is 17.6. The second-order valence-corrected chi connectivity index (χ2v) is 6.29. The summed E-state index contributed by atoms with van der Waals surface area (Å²) in [6.45, 7) is 4.26. The topological polar surface area (TPSA) is 57.3 Å². The van der Waals surface area contributed by atoms with E-state index < -0.39 is 0 Å². The average molecular weight is 342 g/mol. The van der Waals surface area contributed by atoms with Crippen molar-refractivity contribution in [2.45, 2.75) is 32.4 Å². The number of amides is 2. The number of halogens is 1. The minimum atomic E-state index is -0.320. The second-order valence-electron chi connectivity index (χ2n) is 6.29. The number of nitrogens with zero attached hydrogens (tertiary/aromatic N) is 2. The first-order valence-corrected chi connectivity index (χ1v) is 8.58. The number of pyridine rings is 1. The number of aromatic nitrogens is 1. The number of carbonyl (C=O) groups excluding carboxylic acids is 1. The third kappa shape index (κ3) is 4.54. The maximum Gasteiger partial charge on any atom is 0.322 e. The van der Waals surface area contributed by atoms with Crippen LogP contribution in [-0.2, 0) is 6.54 Å². The molecule has 1 aliphatic heterocycles. The molecule has 1 saturated heterocycles. The van der Waals surface area contributed by atoms with Crippen molar-refractivity contribution in [3.8, 4) is 0 Å². The highest BCUT2D eigenvalue weighted by atomic mass is 19.1. The number of piperidine rings is 1. The lowest BCUT2D eigenvalue weighted by Crippen LogP contribution is -2.47. The summed E-state index contributed by atoms with van der Waals surface area (Å²) in [6, 6.07) is 9.73. The molecule has 3 rings (SSSR count). The van der Waals surface area contributed by atoms with Crippen LogP contribution in [0, 0.1) is 12.7 Å². The molecule has 5 nitrogen and oxygen atoms in total. The van der Waals surface area contributed by atoms with Gasteiger partial charge in [-0.25, -0.2) is 9.18 Å². The van der Waals surface area contributed by atoms with Crippen molar-refractivity contribution >= 4 is 11.7 Å². The first-order valence-electron chi connectivity index (χ1n) is 8.58. The Morgan fingerprint density at radius 2 is 2.00 bits per heavy atom. The summed E-state index contributed by atoms with van der Waals surface area (Å²) in [4.78, 5) is 19.1. The molecule has 25 heavy (non-hydrogen) atoms. The van der Waals surface area contributed by atoms with Crippen molar-refractivity contribution in [1.82, 2.24) is 15.2 Å². The summed E-state index contributed by atoms with van der Waals surface area (Å²) in [6.07, 6.45) is 3.58. The third-order valence-corrected chi connectivity index (χ3v) is 4.56. The van der Waals surface area contributed by atoms with Crippen molar-refractivity contribution in [3.05, 3.63) is 59.7 Å². The molecule has 1 fully saturated rings. The molecule has 0 radical (unpaired) electrons. The minimum absolute atomic E-state index is 0.165. The molecule has 2 heterocycles. The van der Waals surface area contributed by atoms with Crippen molar-refractivity contribution in [2.75, 3.05) is 18.4 Å². The highest BCUT2D eigenvalue weighted by Gasteiger charge is 2.26. The van der Waals surface area contributed by atoms with E-state index in [9.17, 15) is 9.18 Å². The summed E-state index contributed by atoms with van der Waals surface area (Å²) < 4.78 is 13.1. The van der Waals surface area contributed by atoms with E-state index >= 15 is 0 Å². The van der Waals surface area contributed by atoms with Crippen molar-refractivity contribution in [1.29, 1.82) is 0 Å². The molecule has 0 unspecified atom stereocenters. The Bertz CT molecular complexity index is 714. The summed E-state index contributed by atoms with van der Waals surface area (Å²) in [5, 5.41) is 6.21. The Balaban J connectivity index is 1.78. The predicted molar refractivity (Wildman–Crippen MR) is 95.8 cm³/mol. The fraction of sp³-hybridized carbons (Fsp3) is 0.368. The van der Waals surface area contributed by atoms with Crippen LogP contribution in [0.25, 0.3) is 0 Å². The van der Waals surface area contributed by atoms with Crippen LogP contribution < -0.4 is 10.6 Å². The molecule has 2 N–H and O–H groups in total.